The lowest BCUT2D eigenvalue weighted by Crippen LogP contribution is -2.49. The minimum atomic E-state index is -3.73. The van der Waals surface area contributed by atoms with Crippen LogP contribution in [0.3, 0.4) is 0 Å². The highest BCUT2D eigenvalue weighted by Crippen LogP contribution is 2.02. The van der Waals surface area contributed by atoms with Gasteiger partial charge in [-0.15, -0.1) is 0 Å². The van der Waals surface area contributed by atoms with Gasteiger partial charge in [-0.3, -0.25) is 0 Å². The van der Waals surface area contributed by atoms with Gasteiger partial charge in [0.05, 0.1) is 11.0 Å². The maximum absolute atomic E-state index is 10.6. The van der Waals surface area contributed by atoms with Gasteiger partial charge in [0.25, 0.3) is 10.2 Å². The normalized spacial score (nSPS) is 14.7. The summed E-state index contributed by atoms with van der Waals surface area (Å²) in [5, 5.41) is 4.76. The maximum atomic E-state index is 10.6. The smallest absolute Gasteiger partial charge is 0.275 e. The molecule has 1 unspecified atom stereocenters. The highest BCUT2D eigenvalue weighted by molar-refractivity contribution is 7.87. The van der Waals surface area contributed by atoms with Crippen LogP contribution in [0.2, 0.25) is 0 Å². The molecule has 72 valence electrons. The predicted octanol–water partition coefficient (Wildman–Crippen LogP) is -0.910. The van der Waals surface area contributed by atoms with E-state index in [1.54, 1.807) is 13.8 Å². The van der Waals surface area contributed by atoms with Crippen molar-refractivity contribution in [3.8, 4) is 0 Å². The van der Waals surface area contributed by atoms with Crippen molar-refractivity contribution in [2.45, 2.75) is 19.9 Å². The Bertz CT molecular complexity index is 260. The molecule has 0 spiro atoms. The molecule has 0 aliphatic rings. The van der Waals surface area contributed by atoms with Crippen molar-refractivity contribution < 1.29 is 8.42 Å². The molecular weight excluding hydrogens is 198 g/mol. The first-order valence-electron chi connectivity index (χ1n) is 3.33. The Morgan fingerprint density at radius 2 is 1.92 bits per heavy atom. The Morgan fingerprint density at radius 3 is 2.00 bits per heavy atom. The van der Waals surface area contributed by atoms with E-state index < -0.39 is 16.3 Å². The van der Waals surface area contributed by atoms with Crippen LogP contribution in [-0.4, -0.2) is 19.4 Å². The second-order valence-corrected chi connectivity index (χ2v) is 4.58. The van der Waals surface area contributed by atoms with Gasteiger partial charge in [0.2, 0.25) is 0 Å². The zero-order chi connectivity index (χ0) is 9.94. The Morgan fingerprint density at radius 1 is 1.50 bits per heavy atom. The average Bonchev–Trinajstić information content (AvgIpc) is 1.79. The number of rotatable bonds is 4. The summed E-state index contributed by atoms with van der Waals surface area (Å²) >= 11 is 4.66. The lowest BCUT2D eigenvalue weighted by Gasteiger charge is -2.18. The summed E-state index contributed by atoms with van der Waals surface area (Å²) in [5.41, 5.74) is 5.29. The van der Waals surface area contributed by atoms with Crippen LogP contribution in [0.1, 0.15) is 13.8 Å². The van der Waals surface area contributed by atoms with Crippen molar-refractivity contribution in [2.24, 2.45) is 16.8 Å². The van der Waals surface area contributed by atoms with Crippen molar-refractivity contribution in [3.05, 3.63) is 0 Å². The Hall–Kier alpha value is -0.240. The van der Waals surface area contributed by atoms with Crippen LogP contribution < -0.4 is 15.6 Å². The molecule has 12 heavy (non-hydrogen) atoms. The monoisotopic (exact) mass is 211 g/mol. The highest BCUT2D eigenvalue weighted by atomic mass is 32.2. The molecule has 0 aromatic carbocycles. The summed E-state index contributed by atoms with van der Waals surface area (Å²) in [6.07, 6.45) is 0. The van der Waals surface area contributed by atoms with E-state index in [0.717, 1.165) is 0 Å². The fourth-order valence-electron chi connectivity index (χ4n) is 0.700. The average molecular weight is 211 g/mol. The second kappa shape index (κ2) is 4.13. The third-order valence-electron chi connectivity index (χ3n) is 1.26. The number of nitrogens with two attached hydrogens (primary N) is 2. The first-order valence-corrected chi connectivity index (χ1v) is 5.29. The topological polar surface area (TPSA) is 98.2 Å². The molecule has 7 heteroatoms. The molecule has 0 heterocycles. The van der Waals surface area contributed by atoms with E-state index >= 15 is 0 Å². The molecule has 0 rings (SSSR count). The quantitative estimate of drug-likeness (QED) is 0.524. The minimum absolute atomic E-state index is 0.0131. The number of hydrogen-bond donors (Lipinski definition) is 3. The van der Waals surface area contributed by atoms with E-state index in [1.165, 1.54) is 0 Å². The Kier molecular flexibility index (Phi) is 4.04. The minimum Gasteiger partial charge on any atom is -0.392 e. The van der Waals surface area contributed by atoms with Gasteiger partial charge in [-0.05, 0) is 5.92 Å². The molecule has 1 atom stereocenters. The molecule has 0 aliphatic carbocycles. The van der Waals surface area contributed by atoms with Crippen LogP contribution in [0.25, 0.3) is 0 Å². The molecule has 0 radical (unpaired) electrons. The molecular formula is C5H13N3O2S2. The molecule has 0 aromatic heterocycles. The van der Waals surface area contributed by atoms with Gasteiger partial charge in [-0.2, -0.15) is 13.1 Å². The molecule has 0 amide bonds. The molecule has 5 nitrogen and oxygen atoms in total. The van der Waals surface area contributed by atoms with Gasteiger partial charge >= 0.3 is 0 Å². The van der Waals surface area contributed by atoms with Crippen LogP contribution in [0.5, 0.6) is 0 Å². The summed E-state index contributed by atoms with van der Waals surface area (Å²) in [7, 11) is -3.73. The summed E-state index contributed by atoms with van der Waals surface area (Å²) in [4.78, 5) is 0.0963. The standard InChI is InChI=1S/C5H13N3O2S2/c1-3(2)4(5(6)11)8-12(7,9)10/h3-4,8H,1-2H3,(H2,6,11)(H2,7,9,10). The summed E-state index contributed by atoms with van der Waals surface area (Å²) in [6.45, 7) is 3.59. The van der Waals surface area contributed by atoms with Gasteiger partial charge < -0.3 is 5.73 Å². The van der Waals surface area contributed by atoms with Gasteiger partial charge in [0.1, 0.15) is 0 Å². The lowest BCUT2D eigenvalue weighted by molar-refractivity contribution is 0.527. The van der Waals surface area contributed by atoms with Crippen LogP contribution in [-0.2, 0) is 10.2 Å². The maximum Gasteiger partial charge on any atom is 0.275 e. The number of nitrogens with one attached hydrogen (secondary N) is 1. The first kappa shape index (κ1) is 11.8. The third kappa shape index (κ3) is 4.60. The van der Waals surface area contributed by atoms with Crippen LogP contribution in [0, 0.1) is 5.92 Å². The number of thiocarbonyl (C=S) groups is 1. The van der Waals surface area contributed by atoms with Crippen molar-refractivity contribution in [1.29, 1.82) is 0 Å². The fraction of sp³-hybridized carbons (Fsp3) is 0.800. The van der Waals surface area contributed by atoms with Crippen LogP contribution >= 0.6 is 12.2 Å². The molecule has 0 aliphatic heterocycles. The SMILES string of the molecule is CC(C)C(NS(N)(=O)=O)C(N)=S. The predicted molar refractivity (Wildman–Crippen MR) is 51.7 cm³/mol. The molecule has 0 saturated heterocycles. The van der Waals surface area contributed by atoms with E-state index in [9.17, 15) is 8.42 Å². The summed E-state index contributed by atoms with van der Waals surface area (Å²) < 4.78 is 23.3. The van der Waals surface area contributed by atoms with Gasteiger partial charge in [0.15, 0.2) is 0 Å². The first-order chi connectivity index (χ1) is 5.24. The zero-order valence-corrected chi connectivity index (χ0v) is 8.58. The summed E-state index contributed by atoms with van der Waals surface area (Å²) in [5.74, 6) is -0.0131. The van der Waals surface area contributed by atoms with E-state index in [2.05, 4.69) is 16.9 Å². The zero-order valence-electron chi connectivity index (χ0n) is 6.94. The second-order valence-electron chi connectivity index (χ2n) is 2.79. The molecule has 5 N–H and O–H groups in total. The van der Waals surface area contributed by atoms with Crippen LogP contribution in [0.15, 0.2) is 0 Å². The van der Waals surface area contributed by atoms with E-state index in [-0.39, 0.29) is 10.9 Å². The fourth-order valence-corrected chi connectivity index (χ4v) is 1.86. The lowest BCUT2D eigenvalue weighted by atomic mass is 10.1. The highest BCUT2D eigenvalue weighted by Gasteiger charge is 2.20. The molecule has 0 fully saturated rings. The Labute approximate surface area is 77.7 Å². The van der Waals surface area contributed by atoms with Gasteiger partial charge in [-0.25, -0.2) is 5.14 Å². The van der Waals surface area contributed by atoms with Crippen molar-refractivity contribution >= 4 is 27.4 Å². The molecule has 0 bridgehead atoms. The number of hydrogen-bond acceptors (Lipinski definition) is 3. The van der Waals surface area contributed by atoms with Crippen molar-refractivity contribution in [2.75, 3.05) is 0 Å². The third-order valence-corrected chi connectivity index (χ3v) is 2.10. The van der Waals surface area contributed by atoms with Gasteiger partial charge in [0, 0.05) is 0 Å². The van der Waals surface area contributed by atoms with E-state index in [0.29, 0.717) is 0 Å². The summed E-state index contributed by atoms with van der Waals surface area (Å²) in [6, 6.07) is -0.574. The van der Waals surface area contributed by atoms with Crippen molar-refractivity contribution in [3.63, 3.8) is 0 Å². The largest absolute Gasteiger partial charge is 0.392 e. The van der Waals surface area contributed by atoms with E-state index in [4.69, 9.17) is 10.9 Å². The Balaban J connectivity index is 4.46. The van der Waals surface area contributed by atoms with E-state index in [1.807, 2.05) is 0 Å². The molecule has 0 aromatic rings. The van der Waals surface area contributed by atoms with Crippen molar-refractivity contribution in [1.82, 2.24) is 4.72 Å². The van der Waals surface area contributed by atoms with Gasteiger partial charge in [-0.1, -0.05) is 26.1 Å². The molecule has 0 saturated carbocycles. The van der Waals surface area contributed by atoms with Crippen LogP contribution in [0.4, 0.5) is 0 Å².